The van der Waals surface area contributed by atoms with E-state index in [0.29, 0.717) is 0 Å². The van der Waals surface area contributed by atoms with Crippen LogP contribution in [0.3, 0.4) is 0 Å². The summed E-state index contributed by atoms with van der Waals surface area (Å²) >= 11 is 0. The molecular formula is C5H6IIr-. The van der Waals surface area contributed by atoms with E-state index in [0.717, 1.165) is 6.42 Å². The Bertz CT molecular complexity index is 66.1. The quantitative estimate of drug-likeness (QED) is 0.442. The molecule has 0 unspecified atom stereocenters. The molecular weight excluding hydrogens is 379 g/mol. The molecule has 1 aliphatic rings. The molecule has 7 heavy (non-hydrogen) atoms. The van der Waals surface area contributed by atoms with Crippen molar-refractivity contribution in [3.05, 3.63) is 24.3 Å². The van der Waals surface area contributed by atoms with Crippen LogP contribution in [-0.2, 0) is 20.1 Å². The van der Waals surface area contributed by atoms with Crippen molar-refractivity contribution in [3.8, 4) is 0 Å². The third-order valence-electron chi connectivity index (χ3n) is 0.586. The van der Waals surface area contributed by atoms with Crippen molar-refractivity contribution in [2.24, 2.45) is 0 Å². The molecule has 1 rings (SSSR count). The summed E-state index contributed by atoms with van der Waals surface area (Å²) in [6.07, 6.45) is 10.0. The zero-order chi connectivity index (χ0) is 3.54. The first-order chi connectivity index (χ1) is 2.50. The summed E-state index contributed by atoms with van der Waals surface area (Å²) in [5.41, 5.74) is 0. The maximum atomic E-state index is 2.99. The molecule has 0 saturated carbocycles. The van der Waals surface area contributed by atoms with Crippen LogP contribution in [0.1, 0.15) is 6.42 Å². The maximum Gasteiger partial charge on any atom is 0 e. The molecule has 0 atom stereocenters. The first-order valence-corrected chi connectivity index (χ1v) is 1.72. The Labute approximate surface area is 74.4 Å². The monoisotopic (exact) mass is 386 g/mol. The van der Waals surface area contributed by atoms with E-state index in [4.69, 9.17) is 0 Å². The van der Waals surface area contributed by atoms with Gasteiger partial charge in [-0.25, -0.2) is 12.2 Å². The van der Waals surface area contributed by atoms with E-state index in [1.165, 1.54) is 0 Å². The van der Waals surface area contributed by atoms with E-state index in [2.05, 4.69) is 12.2 Å². The van der Waals surface area contributed by atoms with Crippen LogP contribution in [0.5, 0.6) is 0 Å². The van der Waals surface area contributed by atoms with Gasteiger partial charge in [0, 0.05) is 20.1 Å². The van der Waals surface area contributed by atoms with Crippen LogP contribution in [0.2, 0.25) is 0 Å². The van der Waals surface area contributed by atoms with Crippen molar-refractivity contribution in [2.45, 2.75) is 6.42 Å². The molecule has 1 radical (unpaired) electrons. The molecule has 0 aromatic carbocycles. The van der Waals surface area contributed by atoms with E-state index < -0.39 is 0 Å². The van der Waals surface area contributed by atoms with Crippen LogP contribution < -0.4 is 0 Å². The van der Waals surface area contributed by atoms with Crippen molar-refractivity contribution >= 4 is 24.0 Å². The van der Waals surface area contributed by atoms with Crippen LogP contribution in [0.15, 0.2) is 18.2 Å². The smallest absolute Gasteiger partial charge is 0 e. The van der Waals surface area contributed by atoms with E-state index in [1.54, 1.807) is 0 Å². The van der Waals surface area contributed by atoms with Gasteiger partial charge in [0.25, 0.3) is 0 Å². The second-order valence-corrected chi connectivity index (χ2v) is 1.00. The SMILES string of the molecule is I.[C-]1=CC=CC1.[Ir]. The Kier molecular flexibility index (Phi) is 10.6. The molecule has 2 heteroatoms. The minimum absolute atomic E-state index is 0. The molecule has 0 spiro atoms. The minimum atomic E-state index is 0. The third kappa shape index (κ3) is 4.72. The van der Waals surface area contributed by atoms with Crippen LogP contribution >= 0.6 is 24.0 Å². The molecule has 0 fully saturated rings. The first kappa shape index (κ1) is 10.8. The predicted molar refractivity (Wildman–Crippen MR) is 37.0 cm³/mol. The summed E-state index contributed by atoms with van der Waals surface area (Å²) in [5.74, 6) is 0. The fourth-order valence-corrected chi connectivity index (χ4v) is 0.340. The van der Waals surface area contributed by atoms with Gasteiger partial charge < -0.3 is 0 Å². The molecule has 1 aliphatic carbocycles. The number of allylic oxidation sites excluding steroid dienone is 4. The summed E-state index contributed by atoms with van der Waals surface area (Å²) in [6.45, 7) is 0. The molecule has 0 bridgehead atoms. The van der Waals surface area contributed by atoms with Crippen LogP contribution in [0, 0.1) is 6.08 Å². The Hall–Kier alpha value is 0.859. The number of rotatable bonds is 0. The summed E-state index contributed by atoms with van der Waals surface area (Å²) < 4.78 is 0. The predicted octanol–water partition coefficient (Wildman–Crippen LogP) is 1.92. The van der Waals surface area contributed by atoms with Gasteiger partial charge in [0.15, 0.2) is 0 Å². The van der Waals surface area contributed by atoms with Crippen molar-refractivity contribution < 1.29 is 20.1 Å². The van der Waals surface area contributed by atoms with Gasteiger partial charge in [-0.1, -0.05) is 0 Å². The molecule has 43 valence electrons. The summed E-state index contributed by atoms with van der Waals surface area (Å²) in [6, 6.07) is 0. The van der Waals surface area contributed by atoms with Crippen LogP contribution in [0.4, 0.5) is 0 Å². The Balaban J connectivity index is 0. The second kappa shape index (κ2) is 6.86. The van der Waals surface area contributed by atoms with Gasteiger partial charge in [-0.05, 0) is 0 Å². The van der Waals surface area contributed by atoms with Gasteiger partial charge in [0.05, 0.1) is 0 Å². The van der Waals surface area contributed by atoms with Gasteiger partial charge in [-0.15, -0.1) is 30.4 Å². The van der Waals surface area contributed by atoms with Crippen molar-refractivity contribution in [3.63, 3.8) is 0 Å². The molecule has 0 amide bonds. The molecule has 0 aromatic heterocycles. The first-order valence-electron chi connectivity index (χ1n) is 1.72. The molecule has 0 saturated heterocycles. The van der Waals surface area contributed by atoms with E-state index >= 15 is 0 Å². The van der Waals surface area contributed by atoms with Gasteiger partial charge in [0.1, 0.15) is 0 Å². The number of hydrogen-bond acceptors (Lipinski definition) is 0. The average molecular weight is 385 g/mol. The largest absolute Gasteiger partial charge is 0.273 e. The Morgan fingerprint density at radius 3 is 2.29 bits per heavy atom. The summed E-state index contributed by atoms with van der Waals surface area (Å²) in [5, 5.41) is 0. The minimum Gasteiger partial charge on any atom is -0.273 e. The molecule has 0 N–H and O–H groups in total. The van der Waals surface area contributed by atoms with E-state index in [-0.39, 0.29) is 44.1 Å². The second-order valence-electron chi connectivity index (χ2n) is 1.00. The normalized spacial score (nSPS) is 12.6. The summed E-state index contributed by atoms with van der Waals surface area (Å²) in [4.78, 5) is 0. The standard InChI is InChI=1S/C5H5.HI.Ir/c1-2-4-5-3-1;;/h1-3H,4H2;1H;/q-1;;. The zero-order valence-electron chi connectivity index (χ0n) is 3.68. The topological polar surface area (TPSA) is 0 Å². The summed E-state index contributed by atoms with van der Waals surface area (Å²) in [7, 11) is 0. The van der Waals surface area contributed by atoms with Crippen LogP contribution in [-0.4, -0.2) is 0 Å². The fraction of sp³-hybridized carbons (Fsp3) is 0.200. The van der Waals surface area contributed by atoms with Crippen molar-refractivity contribution in [2.75, 3.05) is 0 Å². The fourth-order valence-electron chi connectivity index (χ4n) is 0.340. The third-order valence-corrected chi connectivity index (χ3v) is 0.586. The van der Waals surface area contributed by atoms with Gasteiger partial charge in [0.2, 0.25) is 0 Å². The number of halogens is 1. The average Bonchev–Trinajstić information content (AvgIpc) is 1.76. The van der Waals surface area contributed by atoms with Crippen molar-refractivity contribution in [1.82, 2.24) is 0 Å². The van der Waals surface area contributed by atoms with Gasteiger partial charge in [-0.3, -0.25) is 6.08 Å². The number of hydrogen-bond donors (Lipinski definition) is 0. The Morgan fingerprint density at radius 2 is 2.14 bits per heavy atom. The Morgan fingerprint density at radius 1 is 1.43 bits per heavy atom. The molecule has 0 aromatic rings. The molecule has 0 nitrogen and oxygen atoms in total. The molecule has 0 aliphatic heterocycles. The molecule has 0 heterocycles. The van der Waals surface area contributed by atoms with Gasteiger partial charge in [-0.2, -0.15) is 6.08 Å². The van der Waals surface area contributed by atoms with E-state index in [1.807, 2.05) is 12.2 Å². The van der Waals surface area contributed by atoms with Crippen LogP contribution in [0.25, 0.3) is 0 Å². The maximum absolute atomic E-state index is 2.99. The zero-order valence-corrected chi connectivity index (χ0v) is 8.41. The van der Waals surface area contributed by atoms with Crippen molar-refractivity contribution in [1.29, 1.82) is 0 Å². The van der Waals surface area contributed by atoms with Gasteiger partial charge >= 0.3 is 0 Å². The van der Waals surface area contributed by atoms with E-state index in [9.17, 15) is 0 Å².